The number of hydrogen-bond donors (Lipinski definition) is 1. The van der Waals surface area contributed by atoms with Crippen LogP contribution >= 0.6 is 0 Å². The highest BCUT2D eigenvalue weighted by Gasteiger charge is 2.17. The lowest BCUT2D eigenvalue weighted by Gasteiger charge is -2.26. The lowest BCUT2D eigenvalue weighted by Crippen LogP contribution is -2.27. The quantitative estimate of drug-likeness (QED) is 0.715. The first kappa shape index (κ1) is 15.0. The minimum Gasteiger partial charge on any atom is -0.316 e. The fraction of sp³-hybridized carbons (Fsp3) is 1.00. The van der Waals surface area contributed by atoms with Crippen molar-refractivity contribution in [2.45, 2.75) is 46.0 Å². The molecule has 0 aromatic heterocycles. The van der Waals surface area contributed by atoms with E-state index in [2.05, 4.69) is 12.2 Å². The number of rotatable bonds is 7. The topological polar surface area (TPSA) is 46.2 Å². The highest BCUT2D eigenvalue weighted by Crippen LogP contribution is 2.27. The Labute approximate surface area is 106 Å². The van der Waals surface area contributed by atoms with Crippen molar-refractivity contribution in [3.63, 3.8) is 0 Å². The molecule has 0 amide bonds. The minimum atomic E-state index is -2.77. The molecule has 1 aliphatic rings. The zero-order valence-corrected chi connectivity index (χ0v) is 12.1. The van der Waals surface area contributed by atoms with Gasteiger partial charge in [0, 0.05) is 5.75 Å². The molecule has 4 heteroatoms. The van der Waals surface area contributed by atoms with Gasteiger partial charge in [0.25, 0.3) is 0 Å². The highest BCUT2D eigenvalue weighted by molar-refractivity contribution is 7.91. The summed E-state index contributed by atoms with van der Waals surface area (Å²) in [4.78, 5) is 0. The van der Waals surface area contributed by atoms with Gasteiger partial charge in [-0.3, -0.25) is 0 Å². The molecule has 1 N–H and O–H groups in total. The molecule has 1 fully saturated rings. The van der Waals surface area contributed by atoms with Crippen LogP contribution in [0.2, 0.25) is 0 Å². The van der Waals surface area contributed by atoms with Gasteiger partial charge in [0.2, 0.25) is 0 Å². The smallest absolute Gasteiger partial charge is 0.150 e. The maximum Gasteiger partial charge on any atom is 0.150 e. The molecule has 0 saturated heterocycles. The van der Waals surface area contributed by atoms with Crippen molar-refractivity contribution >= 4 is 9.84 Å². The molecule has 0 atom stereocenters. The van der Waals surface area contributed by atoms with E-state index in [0.717, 1.165) is 31.3 Å². The minimum absolute atomic E-state index is 0.271. The van der Waals surface area contributed by atoms with Crippen LogP contribution in [0.15, 0.2) is 0 Å². The Morgan fingerprint density at radius 1 is 1.18 bits per heavy atom. The van der Waals surface area contributed by atoms with Crippen molar-refractivity contribution in [2.24, 2.45) is 11.8 Å². The highest BCUT2D eigenvalue weighted by atomic mass is 32.2. The van der Waals surface area contributed by atoms with Crippen LogP contribution in [0.4, 0.5) is 0 Å². The average Bonchev–Trinajstić information content (AvgIpc) is 2.31. The Morgan fingerprint density at radius 2 is 1.82 bits per heavy atom. The summed E-state index contributed by atoms with van der Waals surface area (Å²) in [6, 6.07) is 0. The molecule has 0 aromatic rings. The molecular weight excluding hydrogens is 234 g/mol. The van der Waals surface area contributed by atoms with Crippen molar-refractivity contribution in [1.82, 2.24) is 5.32 Å². The van der Waals surface area contributed by atoms with Crippen molar-refractivity contribution in [3.8, 4) is 0 Å². The van der Waals surface area contributed by atoms with Gasteiger partial charge in [0.05, 0.1) is 5.75 Å². The summed E-state index contributed by atoms with van der Waals surface area (Å²) in [7, 11) is -2.77. The molecule has 1 rings (SSSR count). The summed E-state index contributed by atoms with van der Waals surface area (Å²) in [5.41, 5.74) is 0. The monoisotopic (exact) mass is 261 g/mol. The Hall–Kier alpha value is -0.0900. The fourth-order valence-electron chi connectivity index (χ4n) is 2.40. The van der Waals surface area contributed by atoms with E-state index in [1.165, 1.54) is 25.7 Å². The molecule has 0 radical (unpaired) electrons. The summed E-state index contributed by atoms with van der Waals surface area (Å²) >= 11 is 0. The molecule has 0 aliphatic heterocycles. The number of sulfone groups is 1. The van der Waals surface area contributed by atoms with E-state index in [4.69, 9.17) is 0 Å². The fourth-order valence-corrected chi connectivity index (χ4v) is 3.27. The SMILES string of the molecule is CCS(=O)(=O)CCCNCC1CCC(C)CC1. The third kappa shape index (κ3) is 6.41. The average molecular weight is 261 g/mol. The van der Waals surface area contributed by atoms with Gasteiger partial charge in [0.1, 0.15) is 9.84 Å². The van der Waals surface area contributed by atoms with Crippen molar-refractivity contribution in [3.05, 3.63) is 0 Å². The third-order valence-corrected chi connectivity index (χ3v) is 5.61. The van der Waals surface area contributed by atoms with E-state index in [0.29, 0.717) is 5.75 Å². The van der Waals surface area contributed by atoms with Gasteiger partial charge in [0.15, 0.2) is 0 Å². The van der Waals surface area contributed by atoms with E-state index < -0.39 is 9.84 Å². The summed E-state index contributed by atoms with van der Waals surface area (Å²) in [6.45, 7) is 5.95. The van der Waals surface area contributed by atoms with Crippen molar-refractivity contribution < 1.29 is 8.42 Å². The van der Waals surface area contributed by atoms with Crippen LogP contribution in [0, 0.1) is 11.8 Å². The molecule has 0 spiro atoms. The molecular formula is C13H27NO2S. The van der Waals surface area contributed by atoms with E-state index in [-0.39, 0.29) is 5.75 Å². The van der Waals surface area contributed by atoms with Crippen LogP contribution in [-0.2, 0) is 9.84 Å². The normalized spacial score (nSPS) is 26.0. The van der Waals surface area contributed by atoms with Crippen LogP contribution in [0.5, 0.6) is 0 Å². The van der Waals surface area contributed by atoms with Crippen LogP contribution in [0.1, 0.15) is 46.0 Å². The van der Waals surface area contributed by atoms with Gasteiger partial charge in [-0.15, -0.1) is 0 Å². The summed E-state index contributed by atoms with van der Waals surface area (Å²) in [5, 5.41) is 3.40. The van der Waals surface area contributed by atoms with E-state index in [9.17, 15) is 8.42 Å². The predicted molar refractivity (Wildman–Crippen MR) is 72.9 cm³/mol. The van der Waals surface area contributed by atoms with Gasteiger partial charge in [-0.2, -0.15) is 0 Å². The lowest BCUT2D eigenvalue weighted by atomic mass is 9.83. The van der Waals surface area contributed by atoms with E-state index in [1.54, 1.807) is 6.92 Å². The van der Waals surface area contributed by atoms with Gasteiger partial charge in [-0.05, 0) is 44.2 Å². The van der Waals surface area contributed by atoms with E-state index in [1.807, 2.05) is 0 Å². The Balaban J connectivity index is 2.01. The maximum absolute atomic E-state index is 11.3. The predicted octanol–water partition coefficient (Wildman–Crippen LogP) is 2.23. The van der Waals surface area contributed by atoms with Gasteiger partial charge in [-0.25, -0.2) is 8.42 Å². The molecule has 0 aromatic carbocycles. The number of hydrogen-bond acceptors (Lipinski definition) is 3. The molecule has 17 heavy (non-hydrogen) atoms. The second-order valence-electron chi connectivity index (χ2n) is 5.42. The molecule has 1 saturated carbocycles. The third-order valence-electron chi connectivity index (χ3n) is 3.82. The van der Waals surface area contributed by atoms with Gasteiger partial charge in [-0.1, -0.05) is 26.7 Å². The van der Waals surface area contributed by atoms with Gasteiger partial charge < -0.3 is 5.32 Å². The van der Waals surface area contributed by atoms with Crippen molar-refractivity contribution in [2.75, 3.05) is 24.6 Å². The standard InChI is InChI=1S/C13H27NO2S/c1-3-17(15,16)10-4-9-14-11-13-7-5-12(2)6-8-13/h12-14H,3-11H2,1-2H3. The van der Waals surface area contributed by atoms with Gasteiger partial charge >= 0.3 is 0 Å². The Bertz CT molecular complexity index is 293. The second-order valence-corrected chi connectivity index (χ2v) is 7.89. The second kappa shape index (κ2) is 7.37. The molecule has 102 valence electrons. The van der Waals surface area contributed by atoms with Crippen LogP contribution in [0.25, 0.3) is 0 Å². The molecule has 0 unspecified atom stereocenters. The van der Waals surface area contributed by atoms with Crippen LogP contribution < -0.4 is 5.32 Å². The molecule has 0 bridgehead atoms. The molecule has 0 heterocycles. The first-order valence-electron chi connectivity index (χ1n) is 6.94. The largest absolute Gasteiger partial charge is 0.316 e. The Morgan fingerprint density at radius 3 is 2.41 bits per heavy atom. The zero-order chi connectivity index (χ0) is 12.7. The van der Waals surface area contributed by atoms with E-state index >= 15 is 0 Å². The summed E-state index contributed by atoms with van der Waals surface area (Å²) in [5.74, 6) is 2.32. The lowest BCUT2D eigenvalue weighted by molar-refractivity contribution is 0.282. The first-order chi connectivity index (χ1) is 8.03. The molecule has 3 nitrogen and oxygen atoms in total. The molecule has 1 aliphatic carbocycles. The summed E-state index contributed by atoms with van der Waals surface area (Å²) < 4.78 is 22.5. The van der Waals surface area contributed by atoms with Crippen LogP contribution in [0.3, 0.4) is 0 Å². The Kier molecular flexibility index (Phi) is 6.49. The zero-order valence-electron chi connectivity index (χ0n) is 11.2. The number of nitrogens with one attached hydrogen (secondary N) is 1. The maximum atomic E-state index is 11.3. The van der Waals surface area contributed by atoms with Crippen LogP contribution in [-0.4, -0.2) is 33.0 Å². The summed E-state index contributed by atoms with van der Waals surface area (Å²) in [6.07, 6.45) is 6.13. The van der Waals surface area contributed by atoms with Crippen molar-refractivity contribution in [1.29, 1.82) is 0 Å². The first-order valence-corrected chi connectivity index (χ1v) is 8.76.